The van der Waals surface area contributed by atoms with Gasteiger partial charge >= 0.3 is 5.17 Å². The van der Waals surface area contributed by atoms with Gasteiger partial charge in [-0.1, -0.05) is 0 Å². The second kappa shape index (κ2) is 7.44. The molecule has 1 aliphatic rings. The van der Waals surface area contributed by atoms with E-state index in [4.69, 9.17) is 0 Å². The van der Waals surface area contributed by atoms with Crippen molar-refractivity contribution in [3.63, 3.8) is 0 Å². The molecule has 1 aliphatic heterocycles. The van der Waals surface area contributed by atoms with Gasteiger partial charge in [-0.25, -0.2) is 4.68 Å². The molecule has 23 heavy (non-hydrogen) atoms. The summed E-state index contributed by atoms with van der Waals surface area (Å²) in [7, 11) is 0. The van der Waals surface area contributed by atoms with Crippen LogP contribution < -0.4 is 0 Å². The minimum absolute atomic E-state index is 0.980. The van der Waals surface area contributed by atoms with Gasteiger partial charge in [-0.05, 0) is 71.8 Å². The smallest absolute Gasteiger partial charge is 0.253 e. The third-order valence-corrected chi connectivity index (χ3v) is 5.27. The van der Waals surface area contributed by atoms with Crippen LogP contribution in [0.3, 0.4) is 0 Å². The van der Waals surface area contributed by atoms with E-state index in [-0.39, 0.29) is 0 Å². The van der Waals surface area contributed by atoms with Crippen molar-refractivity contribution >= 4 is 51.8 Å². The lowest BCUT2D eigenvalue weighted by Gasteiger charge is -2.00. The Morgan fingerprint density at radius 3 is 2.65 bits per heavy atom. The van der Waals surface area contributed by atoms with E-state index in [0.29, 0.717) is 0 Å². The van der Waals surface area contributed by atoms with Crippen LogP contribution in [0.1, 0.15) is 19.4 Å². The zero-order valence-corrected chi connectivity index (χ0v) is 16.1. The number of thioether (sulfide) groups is 1. The van der Waals surface area contributed by atoms with Gasteiger partial charge in [0, 0.05) is 27.1 Å². The molecule has 0 radical (unpaired) electrons. The maximum Gasteiger partial charge on any atom is 0.359 e. The van der Waals surface area contributed by atoms with Gasteiger partial charge in [0.25, 0.3) is 0 Å². The lowest BCUT2D eigenvalue weighted by Crippen LogP contribution is -2.15. The number of rotatable bonds is 4. The molecule has 1 aromatic carbocycles. The third kappa shape index (κ3) is 3.92. The molecule has 0 saturated heterocycles. The molecule has 2 heterocycles. The van der Waals surface area contributed by atoms with Crippen molar-refractivity contribution in [2.24, 2.45) is 4.99 Å². The molecule has 2 aromatic rings. The fourth-order valence-electron chi connectivity index (χ4n) is 2.29. The van der Waals surface area contributed by atoms with Crippen molar-refractivity contribution in [1.82, 2.24) is 9.78 Å². The first kappa shape index (κ1) is 16.4. The number of benzene rings is 1. The molecule has 0 atom stereocenters. The summed E-state index contributed by atoms with van der Waals surface area (Å²) in [5, 5.41) is 5.52. The van der Waals surface area contributed by atoms with E-state index in [1.165, 1.54) is 3.57 Å². The fraction of sp³-hybridized carbons (Fsp3) is 0.235. The molecule has 118 valence electrons. The molecule has 0 bridgehead atoms. The van der Waals surface area contributed by atoms with Crippen molar-refractivity contribution in [3.05, 3.63) is 50.7 Å². The second-order valence-electron chi connectivity index (χ2n) is 5.06. The molecular formula is C17H18IN4S+. The quantitative estimate of drug-likeness (QED) is 0.535. The van der Waals surface area contributed by atoms with Gasteiger partial charge in [0.2, 0.25) is 0 Å². The van der Waals surface area contributed by atoms with Crippen LogP contribution in [0.5, 0.6) is 0 Å². The standard InChI is InChI=1S/C17H18IN4S/c1-3-21(4-2)17-19-11-16(23-17)9-13-10-20-22(12-13)15-7-5-14(18)6-8-15/h5-12H,3-4H2,1-2H3/q+1. The molecule has 6 heteroatoms. The van der Waals surface area contributed by atoms with Crippen molar-refractivity contribution in [2.75, 3.05) is 13.1 Å². The summed E-state index contributed by atoms with van der Waals surface area (Å²) in [6, 6.07) is 8.31. The van der Waals surface area contributed by atoms with E-state index in [1.54, 1.807) is 11.8 Å². The monoisotopic (exact) mass is 437 g/mol. The Hall–Kier alpha value is -1.41. The van der Waals surface area contributed by atoms with Crippen molar-refractivity contribution in [2.45, 2.75) is 13.8 Å². The first-order chi connectivity index (χ1) is 11.2. The number of amidine groups is 1. The number of hydrogen-bond acceptors (Lipinski definition) is 2. The third-order valence-electron chi connectivity index (χ3n) is 3.55. The van der Waals surface area contributed by atoms with Gasteiger partial charge in [-0.3, -0.25) is 4.58 Å². The van der Waals surface area contributed by atoms with Crippen LogP contribution in [0, 0.1) is 3.57 Å². The molecule has 0 aliphatic carbocycles. The highest BCUT2D eigenvalue weighted by molar-refractivity contribution is 14.1. The maximum atomic E-state index is 4.51. The van der Waals surface area contributed by atoms with Crippen LogP contribution in [0.4, 0.5) is 0 Å². The molecule has 3 rings (SSSR count). The van der Waals surface area contributed by atoms with Gasteiger partial charge in [0.05, 0.1) is 29.9 Å². The van der Waals surface area contributed by atoms with E-state index in [2.05, 4.69) is 81.4 Å². The van der Waals surface area contributed by atoms with Crippen LogP contribution >= 0.6 is 34.4 Å². The largest absolute Gasteiger partial charge is 0.359 e. The summed E-state index contributed by atoms with van der Waals surface area (Å²) in [4.78, 5) is 5.66. The Bertz CT molecular complexity index is 781. The van der Waals surface area contributed by atoms with Gasteiger partial charge in [-0.15, -0.1) is 0 Å². The zero-order valence-electron chi connectivity index (χ0n) is 13.1. The lowest BCUT2D eigenvalue weighted by molar-refractivity contribution is -0.518. The number of aliphatic imine (C=N–C) groups is 1. The maximum absolute atomic E-state index is 4.51. The van der Waals surface area contributed by atoms with Crippen molar-refractivity contribution in [1.29, 1.82) is 0 Å². The highest BCUT2D eigenvalue weighted by Crippen LogP contribution is 2.25. The summed E-state index contributed by atoms with van der Waals surface area (Å²) in [6.45, 7) is 6.26. The molecule has 0 fully saturated rings. The summed E-state index contributed by atoms with van der Waals surface area (Å²) in [6.07, 6.45) is 7.98. The Morgan fingerprint density at radius 1 is 1.22 bits per heavy atom. The van der Waals surface area contributed by atoms with Crippen LogP contribution in [0.25, 0.3) is 11.8 Å². The van der Waals surface area contributed by atoms with Gasteiger partial charge in [-0.2, -0.15) is 5.10 Å². The van der Waals surface area contributed by atoms with Gasteiger partial charge < -0.3 is 0 Å². The topological polar surface area (TPSA) is 33.2 Å². The Morgan fingerprint density at radius 2 is 1.96 bits per heavy atom. The second-order valence-corrected chi connectivity index (χ2v) is 7.34. The summed E-state index contributed by atoms with van der Waals surface area (Å²) >= 11 is 4.02. The van der Waals surface area contributed by atoms with Gasteiger partial charge in [0.15, 0.2) is 6.21 Å². The highest BCUT2D eigenvalue weighted by atomic mass is 127. The molecule has 0 unspecified atom stereocenters. The first-order valence-electron chi connectivity index (χ1n) is 7.55. The van der Waals surface area contributed by atoms with Gasteiger partial charge in [0.1, 0.15) is 0 Å². The predicted molar refractivity (Wildman–Crippen MR) is 107 cm³/mol. The SMILES string of the molecule is CC[N+](CC)=C1N=CC(=Cc2cnn(-c3ccc(I)cc3)c2)S1. The average Bonchev–Trinajstić information content (AvgIpc) is 3.20. The van der Waals surface area contributed by atoms with Crippen LogP contribution in [-0.2, 0) is 0 Å². The van der Waals surface area contributed by atoms with E-state index in [9.17, 15) is 0 Å². The van der Waals surface area contributed by atoms with Crippen LogP contribution in [0.15, 0.2) is 46.6 Å². The first-order valence-corrected chi connectivity index (χ1v) is 9.45. The van der Waals surface area contributed by atoms with E-state index >= 15 is 0 Å². The molecule has 4 nitrogen and oxygen atoms in total. The number of aromatic nitrogens is 2. The molecule has 1 aromatic heterocycles. The van der Waals surface area contributed by atoms with Crippen molar-refractivity contribution < 1.29 is 4.58 Å². The molecule has 0 amide bonds. The average molecular weight is 437 g/mol. The number of nitrogens with zero attached hydrogens (tertiary/aromatic N) is 4. The van der Waals surface area contributed by atoms with Crippen LogP contribution in [-0.4, -0.2) is 38.8 Å². The Balaban J connectivity index is 1.79. The lowest BCUT2D eigenvalue weighted by atomic mass is 10.3. The van der Waals surface area contributed by atoms with Crippen molar-refractivity contribution in [3.8, 4) is 5.69 Å². The van der Waals surface area contributed by atoms with Crippen LogP contribution in [0.2, 0.25) is 0 Å². The van der Waals surface area contributed by atoms with E-state index < -0.39 is 0 Å². The summed E-state index contributed by atoms with van der Waals surface area (Å²) in [5.41, 5.74) is 2.15. The summed E-state index contributed by atoms with van der Waals surface area (Å²) in [5.74, 6) is 0. The number of hydrogen-bond donors (Lipinski definition) is 0. The Labute approximate surface area is 154 Å². The highest BCUT2D eigenvalue weighted by Gasteiger charge is 2.21. The summed E-state index contributed by atoms with van der Waals surface area (Å²) < 4.78 is 5.38. The number of allylic oxidation sites excluding steroid dienone is 1. The number of halogens is 1. The predicted octanol–water partition coefficient (Wildman–Crippen LogP) is 4.04. The van der Waals surface area contributed by atoms with E-state index in [1.807, 2.05) is 23.3 Å². The molecular weight excluding hydrogens is 419 g/mol. The van der Waals surface area contributed by atoms with E-state index in [0.717, 1.165) is 34.4 Å². The molecule has 0 spiro atoms. The molecule has 0 saturated carbocycles. The Kier molecular flexibility index (Phi) is 5.32. The normalized spacial score (nSPS) is 15.6. The minimum Gasteiger partial charge on any atom is -0.253 e. The molecule has 0 N–H and O–H groups in total. The fourth-order valence-corrected chi connectivity index (χ4v) is 3.66. The zero-order chi connectivity index (χ0) is 16.2. The minimum atomic E-state index is 0.980.